The minimum atomic E-state index is -0.295. The van der Waals surface area contributed by atoms with Gasteiger partial charge in [0.15, 0.2) is 0 Å². The summed E-state index contributed by atoms with van der Waals surface area (Å²) in [4.78, 5) is 10.6. The molecule has 107 valence electrons. The summed E-state index contributed by atoms with van der Waals surface area (Å²) in [6.45, 7) is 16.7. The Morgan fingerprint density at radius 2 is 1.61 bits per heavy atom. The van der Waals surface area contributed by atoms with Crippen molar-refractivity contribution in [1.29, 1.82) is 0 Å². The number of hydrogen-bond acceptors (Lipinski definition) is 4. The Balaban J connectivity index is 0. The van der Waals surface area contributed by atoms with E-state index < -0.39 is 0 Å². The van der Waals surface area contributed by atoms with Crippen LogP contribution in [0, 0.1) is 6.79 Å². The molecule has 0 rings (SSSR count). The minimum absolute atomic E-state index is 0.212. The summed E-state index contributed by atoms with van der Waals surface area (Å²) in [5, 5.41) is 0. The summed E-state index contributed by atoms with van der Waals surface area (Å²) in [5.41, 5.74) is 0.462. The smallest absolute Gasteiger partial charge is 0.333 e. The summed E-state index contributed by atoms with van der Waals surface area (Å²) in [6, 6.07) is 0. The van der Waals surface area contributed by atoms with Crippen molar-refractivity contribution in [3.63, 3.8) is 0 Å². The first-order valence-electron chi connectivity index (χ1n) is 6.26. The second kappa shape index (κ2) is 12.6. The van der Waals surface area contributed by atoms with Gasteiger partial charge in [-0.15, -0.1) is 0 Å². The van der Waals surface area contributed by atoms with E-state index in [0.717, 1.165) is 6.42 Å². The lowest BCUT2D eigenvalue weighted by Crippen LogP contribution is -2.06. The van der Waals surface area contributed by atoms with Crippen molar-refractivity contribution in [2.24, 2.45) is 0 Å². The largest absolute Gasteiger partial charge is 0.462 e. The molecule has 0 amide bonds. The van der Waals surface area contributed by atoms with E-state index in [4.69, 9.17) is 14.2 Å². The average Bonchev–Trinajstić information content (AvgIpc) is 2.25. The Hall–Kier alpha value is -0.870. The second-order valence-corrected chi connectivity index (χ2v) is 4.38. The molecule has 0 aliphatic rings. The van der Waals surface area contributed by atoms with Gasteiger partial charge in [-0.3, -0.25) is 0 Å². The fraction of sp³-hybridized carbons (Fsp3) is 0.714. The maximum Gasteiger partial charge on any atom is 0.333 e. The maximum absolute atomic E-state index is 10.6. The van der Waals surface area contributed by atoms with Crippen LogP contribution in [0.25, 0.3) is 0 Å². The number of ether oxygens (including phenoxy) is 3. The van der Waals surface area contributed by atoms with Crippen molar-refractivity contribution >= 4 is 5.97 Å². The summed E-state index contributed by atoms with van der Waals surface area (Å²) >= 11 is 0. The topological polar surface area (TPSA) is 44.8 Å². The lowest BCUT2D eigenvalue weighted by molar-refractivity contribution is -0.138. The molecular formula is C14H27O4. The zero-order valence-corrected chi connectivity index (χ0v) is 12.5. The van der Waals surface area contributed by atoms with E-state index in [1.54, 1.807) is 6.92 Å². The highest BCUT2D eigenvalue weighted by Crippen LogP contribution is 1.96. The van der Waals surface area contributed by atoms with Gasteiger partial charge in [0.2, 0.25) is 6.79 Å². The Bertz CT molecular complexity index is 214. The maximum atomic E-state index is 10.6. The summed E-state index contributed by atoms with van der Waals surface area (Å²) in [5.74, 6) is -0.295. The first-order chi connectivity index (χ1) is 8.31. The molecule has 4 heteroatoms. The van der Waals surface area contributed by atoms with Crippen molar-refractivity contribution in [2.45, 2.75) is 60.2 Å². The van der Waals surface area contributed by atoms with Crippen molar-refractivity contribution < 1.29 is 19.0 Å². The van der Waals surface area contributed by atoms with Gasteiger partial charge >= 0.3 is 5.97 Å². The molecule has 0 saturated carbocycles. The van der Waals surface area contributed by atoms with Gasteiger partial charge in [-0.1, -0.05) is 13.5 Å². The van der Waals surface area contributed by atoms with E-state index in [1.807, 2.05) is 34.6 Å². The zero-order chi connectivity index (χ0) is 14.6. The number of rotatable bonds is 7. The highest BCUT2D eigenvalue weighted by Gasteiger charge is 1.99. The van der Waals surface area contributed by atoms with E-state index in [0.29, 0.717) is 12.2 Å². The molecule has 0 N–H and O–H groups in total. The fourth-order valence-electron chi connectivity index (χ4n) is 0.572. The fourth-order valence-corrected chi connectivity index (χ4v) is 0.572. The summed E-state index contributed by atoms with van der Waals surface area (Å²) in [7, 11) is 0. The molecule has 0 spiro atoms. The molecule has 1 radical (unpaired) electrons. The zero-order valence-electron chi connectivity index (χ0n) is 12.5. The van der Waals surface area contributed by atoms with Gasteiger partial charge in [-0.2, -0.15) is 0 Å². The number of carbonyl (C=O) groups excluding carboxylic acids is 1. The number of esters is 1. The Morgan fingerprint density at radius 1 is 1.17 bits per heavy atom. The van der Waals surface area contributed by atoms with Gasteiger partial charge in [0.25, 0.3) is 0 Å². The predicted molar refractivity (Wildman–Crippen MR) is 72.8 cm³/mol. The van der Waals surface area contributed by atoms with Crippen molar-refractivity contribution in [3.8, 4) is 0 Å². The van der Waals surface area contributed by atoms with E-state index in [9.17, 15) is 4.79 Å². The quantitative estimate of drug-likeness (QED) is 0.518. The van der Waals surface area contributed by atoms with E-state index in [1.165, 1.54) is 6.79 Å². The third-order valence-corrected chi connectivity index (χ3v) is 1.44. The van der Waals surface area contributed by atoms with Crippen LogP contribution < -0.4 is 0 Å². The van der Waals surface area contributed by atoms with Gasteiger partial charge in [0, 0.05) is 5.57 Å². The summed E-state index contributed by atoms with van der Waals surface area (Å²) < 4.78 is 14.7. The SMILES string of the molecule is C=C(C)C(=O)OCCC.CC(C)O[CH]OC(C)C. The Morgan fingerprint density at radius 3 is 1.89 bits per heavy atom. The van der Waals surface area contributed by atoms with Crippen LogP contribution in [-0.4, -0.2) is 24.8 Å². The van der Waals surface area contributed by atoms with Crippen LogP contribution in [0.3, 0.4) is 0 Å². The number of carbonyl (C=O) groups is 1. The molecule has 0 fully saturated rings. The molecule has 0 aromatic carbocycles. The average molecular weight is 259 g/mol. The van der Waals surface area contributed by atoms with Gasteiger partial charge in [-0.25, -0.2) is 4.79 Å². The summed E-state index contributed by atoms with van der Waals surface area (Å²) in [6.07, 6.45) is 1.28. The molecule has 0 saturated heterocycles. The molecule has 0 unspecified atom stereocenters. The van der Waals surface area contributed by atoms with Crippen LogP contribution >= 0.6 is 0 Å². The van der Waals surface area contributed by atoms with Crippen molar-refractivity contribution in [2.75, 3.05) is 6.61 Å². The molecule has 0 atom stereocenters. The van der Waals surface area contributed by atoms with Gasteiger partial charge < -0.3 is 14.2 Å². The molecule has 0 aromatic rings. The van der Waals surface area contributed by atoms with E-state index in [-0.39, 0.29) is 18.2 Å². The molecule has 0 aliphatic heterocycles. The highest BCUT2D eigenvalue weighted by atomic mass is 16.7. The lowest BCUT2D eigenvalue weighted by Gasteiger charge is -2.08. The van der Waals surface area contributed by atoms with Crippen LogP contribution in [0.5, 0.6) is 0 Å². The predicted octanol–water partition coefficient (Wildman–Crippen LogP) is 3.47. The second-order valence-electron chi connectivity index (χ2n) is 4.38. The monoisotopic (exact) mass is 259 g/mol. The third kappa shape index (κ3) is 17.5. The lowest BCUT2D eigenvalue weighted by atomic mass is 10.4. The minimum Gasteiger partial charge on any atom is -0.462 e. The van der Waals surface area contributed by atoms with Crippen molar-refractivity contribution in [3.05, 3.63) is 18.9 Å². The standard InChI is InChI=1S/C7H15O2.C7H12O2/c1-6(2)8-5-9-7(3)4;1-4-5-9-7(8)6(2)3/h5-7H,1-4H3;2,4-5H2,1,3H3. The van der Waals surface area contributed by atoms with Crippen molar-refractivity contribution in [1.82, 2.24) is 0 Å². The van der Waals surface area contributed by atoms with Crippen LogP contribution in [-0.2, 0) is 19.0 Å². The van der Waals surface area contributed by atoms with Crippen LogP contribution in [0.2, 0.25) is 0 Å². The first-order valence-corrected chi connectivity index (χ1v) is 6.26. The van der Waals surface area contributed by atoms with E-state index >= 15 is 0 Å². The van der Waals surface area contributed by atoms with Crippen LogP contribution in [0.15, 0.2) is 12.2 Å². The molecule has 0 aliphatic carbocycles. The Kier molecular flexibility index (Phi) is 13.6. The third-order valence-electron chi connectivity index (χ3n) is 1.44. The van der Waals surface area contributed by atoms with E-state index in [2.05, 4.69) is 6.58 Å². The normalized spacial score (nSPS) is 10.0. The molecule has 0 aromatic heterocycles. The Labute approximate surface area is 111 Å². The van der Waals surface area contributed by atoms with Crippen LogP contribution in [0.4, 0.5) is 0 Å². The molecule has 0 heterocycles. The molecule has 4 nitrogen and oxygen atoms in total. The van der Waals surface area contributed by atoms with Crippen LogP contribution in [0.1, 0.15) is 48.0 Å². The number of hydrogen-bond donors (Lipinski definition) is 0. The van der Waals surface area contributed by atoms with Gasteiger partial charge in [0.05, 0.1) is 18.8 Å². The molecule has 18 heavy (non-hydrogen) atoms. The van der Waals surface area contributed by atoms with Gasteiger partial charge in [0.1, 0.15) is 0 Å². The molecular weight excluding hydrogens is 232 g/mol. The van der Waals surface area contributed by atoms with Gasteiger partial charge in [-0.05, 0) is 41.0 Å². The highest BCUT2D eigenvalue weighted by molar-refractivity contribution is 5.86. The first kappa shape index (κ1) is 19.5. The molecule has 0 bridgehead atoms.